The molecule has 2 fully saturated rings. The van der Waals surface area contributed by atoms with Crippen LogP contribution in [0.4, 0.5) is 4.79 Å². The predicted octanol–water partition coefficient (Wildman–Crippen LogP) is 6.76. The van der Waals surface area contributed by atoms with Crippen molar-refractivity contribution in [2.45, 2.75) is 56.8 Å². The molecular weight excluding hydrogens is 669 g/mol. The summed E-state index contributed by atoms with van der Waals surface area (Å²) in [4.78, 5) is 61.5. The van der Waals surface area contributed by atoms with Crippen LogP contribution in [0.3, 0.4) is 0 Å². The largest absolute Gasteiger partial charge is 0.465 e. The molecule has 12 heteroatoms. The zero-order valence-corrected chi connectivity index (χ0v) is 30.6. The number of carboxylic acid groups (broad SMARTS) is 1. The van der Waals surface area contributed by atoms with Gasteiger partial charge < -0.3 is 24.9 Å². The Morgan fingerprint density at radius 2 is 1.15 bits per heavy atom. The molecule has 4 heterocycles. The maximum atomic E-state index is 13.9. The van der Waals surface area contributed by atoms with Crippen LogP contribution >= 0.6 is 0 Å². The Hall–Kier alpha value is -5.75. The molecule has 0 unspecified atom stereocenters. The zero-order chi connectivity index (χ0) is 37.2. The van der Waals surface area contributed by atoms with Crippen molar-refractivity contribution < 1.29 is 19.5 Å². The van der Waals surface area contributed by atoms with Crippen LogP contribution in [-0.2, 0) is 9.59 Å². The van der Waals surface area contributed by atoms with Gasteiger partial charge in [-0.1, -0.05) is 78.9 Å². The second kappa shape index (κ2) is 15.1. The standard InChI is InChI=1S/C41H46N8O4/c1-26(47(4)41(52)53)39(50)48-22-8-12-34(48)37-42-24-32(44-37)29-18-14-27(15-19-29)28-16-20-30(21-17-28)33-25-43-38(45-33)35-13-9-23-49(35)40(51)36(46(2)3)31-10-6-5-7-11-31/h5-7,10-11,14-21,24-26,34-36H,8-9,12-13,22-23H2,1-4H3,(H,42,44)(H,43,45)(H,52,53)/t26-,34-,35-,36+/m0/s1. The number of carbonyl (C=O) groups excluding carboxylic acids is 2. The molecule has 3 amide bonds. The van der Waals surface area contributed by atoms with E-state index in [1.165, 1.54) is 7.05 Å². The minimum absolute atomic E-state index is 0.0924. The second-order valence-corrected chi connectivity index (χ2v) is 14.2. The van der Waals surface area contributed by atoms with Crippen molar-refractivity contribution in [3.05, 3.63) is 108 Å². The van der Waals surface area contributed by atoms with E-state index in [4.69, 9.17) is 4.98 Å². The first-order valence-corrected chi connectivity index (χ1v) is 18.2. The molecule has 2 aliphatic heterocycles. The lowest BCUT2D eigenvalue weighted by Crippen LogP contribution is -2.47. The highest BCUT2D eigenvalue weighted by Crippen LogP contribution is 2.36. The summed E-state index contributed by atoms with van der Waals surface area (Å²) in [5.74, 6) is 1.39. The van der Waals surface area contributed by atoms with Crippen LogP contribution < -0.4 is 0 Å². The normalized spacial score (nSPS) is 18.4. The molecule has 3 N–H and O–H groups in total. The van der Waals surface area contributed by atoms with E-state index in [9.17, 15) is 19.5 Å². The third-order valence-electron chi connectivity index (χ3n) is 10.7. The number of H-pyrrole nitrogens is 2. The van der Waals surface area contributed by atoms with E-state index in [0.29, 0.717) is 18.9 Å². The number of hydrogen-bond acceptors (Lipinski definition) is 6. The lowest BCUT2D eigenvalue weighted by molar-refractivity contribution is -0.137. The van der Waals surface area contributed by atoms with Crippen molar-refractivity contribution in [2.75, 3.05) is 34.2 Å². The number of aromatic amines is 2. The number of likely N-dealkylation sites (N-methyl/N-ethyl adjacent to an activating group) is 2. The van der Waals surface area contributed by atoms with E-state index >= 15 is 0 Å². The molecule has 5 aromatic rings. The molecule has 0 aliphatic carbocycles. The van der Waals surface area contributed by atoms with Gasteiger partial charge in [0.05, 0.1) is 35.9 Å². The highest BCUT2D eigenvalue weighted by Gasteiger charge is 2.38. The molecular formula is C41H46N8O4. The van der Waals surface area contributed by atoms with Crippen molar-refractivity contribution in [2.24, 2.45) is 0 Å². The maximum absolute atomic E-state index is 13.9. The number of likely N-dealkylation sites (tertiary alicyclic amines) is 2. The Bertz CT molecular complexity index is 2060. The summed E-state index contributed by atoms with van der Waals surface area (Å²) in [5.41, 5.74) is 6.89. The van der Waals surface area contributed by atoms with E-state index < -0.39 is 12.1 Å². The Labute approximate surface area is 309 Å². The predicted molar refractivity (Wildman–Crippen MR) is 203 cm³/mol. The van der Waals surface area contributed by atoms with E-state index in [1.807, 2.05) is 60.4 Å². The SMILES string of the molecule is C[C@@H](C(=O)N1CCC[C@H]1c1ncc(-c2ccc(-c3ccc(-c4cnc([C@@H]5CCCN5C(=O)[C@@H](c5ccccc5)N(C)C)[nH]4)cc3)cc2)[nH]1)N(C)C(=O)O. The molecule has 2 aliphatic rings. The summed E-state index contributed by atoms with van der Waals surface area (Å²) in [6.45, 7) is 2.89. The Balaban J connectivity index is 1.01. The molecule has 0 spiro atoms. The molecule has 2 aromatic heterocycles. The van der Waals surface area contributed by atoms with Crippen LogP contribution in [0.2, 0.25) is 0 Å². The van der Waals surface area contributed by atoms with Crippen LogP contribution in [0.25, 0.3) is 33.6 Å². The summed E-state index contributed by atoms with van der Waals surface area (Å²) < 4.78 is 0. The lowest BCUT2D eigenvalue weighted by Gasteiger charge is -2.31. The first-order valence-electron chi connectivity index (χ1n) is 18.2. The Kier molecular flexibility index (Phi) is 10.1. The van der Waals surface area contributed by atoms with Crippen LogP contribution in [0.5, 0.6) is 0 Å². The van der Waals surface area contributed by atoms with E-state index in [0.717, 1.165) is 75.6 Å². The molecule has 4 atom stereocenters. The van der Waals surface area contributed by atoms with Crippen molar-refractivity contribution in [1.29, 1.82) is 0 Å². The van der Waals surface area contributed by atoms with Crippen molar-refractivity contribution in [3.8, 4) is 33.6 Å². The van der Waals surface area contributed by atoms with Gasteiger partial charge in [-0.25, -0.2) is 14.8 Å². The first-order chi connectivity index (χ1) is 25.6. The molecule has 12 nitrogen and oxygen atoms in total. The van der Waals surface area contributed by atoms with E-state index in [-0.39, 0.29) is 29.9 Å². The summed E-state index contributed by atoms with van der Waals surface area (Å²) in [6, 6.07) is 25.1. The van der Waals surface area contributed by atoms with Gasteiger partial charge in [-0.15, -0.1) is 0 Å². The van der Waals surface area contributed by atoms with Gasteiger partial charge in [-0.2, -0.15) is 0 Å². The smallest absolute Gasteiger partial charge is 0.407 e. The first kappa shape index (κ1) is 35.6. The topological polar surface area (TPSA) is 142 Å². The third kappa shape index (κ3) is 7.19. The summed E-state index contributed by atoms with van der Waals surface area (Å²) >= 11 is 0. The van der Waals surface area contributed by atoms with Gasteiger partial charge in [-0.05, 0) is 74.5 Å². The number of aromatic nitrogens is 4. The molecule has 7 rings (SSSR count). The number of nitrogens with one attached hydrogen (secondary N) is 2. The molecule has 0 radical (unpaired) electrons. The fourth-order valence-electron chi connectivity index (χ4n) is 7.64. The molecule has 274 valence electrons. The zero-order valence-electron chi connectivity index (χ0n) is 30.6. The molecule has 3 aromatic carbocycles. The summed E-state index contributed by atoms with van der Waals surface area (Å²) in [6.07, 6.45) is 5.91. The number of nitrogens with zero attached hydrogens (tertiary/aromatic N) is 6. The number of hydrogen-bond donors (Lipinski definition) is 3. The van der Waals surface area contributed by atoms with Crippen LogP contribution in [-0.4, -0.2) is 103 Å². The van der Waals surface area contributed by atoms with Gasteiger partial charge in [0.1, 0.15) is 23.7 Å². The summed E-state index contributed by atoms with van der Waals surface area (Å²) in [5, 5.41) is 9.34. The van der Waals surface area contributed by atoms with Gasteiger partial charge in [-0.3, -0.25) is 19.4 Å². The maximum Gasteiger partial charge on any atom is 0.407 e. The average Bonchev–Trinajstić information content (AvgIpc) is 4.01. The van der Waals surface area contributed by atoms with E-state index in [2.05, 4.69) is 63.5 Å². The fourth-order valence-corrected chi connectivity index (χ4v) is 7.64. The van der Waals surface area contributed by atoms with Gasteiger partial charge in [0.25, 0.3) is 0 Å². The highest BCUT2D eigenvalue weighted by atomic mass is 16.4. The van der Waals surface area contributed by atoms with Gasteiger partial charge in [0, 0.05) is 20.1 Å². The van der Waals surface area contributed by atoms with Crippen LogP contribution in [0.1, 0.15) is 67.9 Å². The van der Waals surface area contributed by atoms with Crippen molar-refractivity contribution in [1.82, 2.24) is 39.5 Å². The van der Waals surface area contributed by atoms with Gasteiger partial charge >= 0.3 is 6.09 Å². The minimum Gasteiger partial charge on any atom is -0.465 e. The Morgan fingerprint density at radius 3 is 1.60 bits per heavy atom. The number of rotatable bonds is 10. The van der Waals surface area contributed by atoms with E-state index in [1.54, 1.807) is 18.0 Å². The van der Waals surface area contributed by atoms with Gasteiger partial charge in [0.2, 0.25) is 11.8 Å². The minimum atomic E-state index is -1.13. The van der Waals surface area contributed by atoms with Crippen LogP contribution in [0.15, 0.2) is 91.3 Å². The number of carbonyl (C=O) groups is 3. The lowest BCUT2D eigenvalue weighted by atomic mass is 10.0. The molecule has 53 heavy (non-hydrogen) atoms. The monoisotopic (exact) mass is 714 g/mol. The number of imidazole rings is 2. The quantitative estimate of drug-likeness (QED) is 0.145. The Morgan fingerprint density at radius 1 is 0.698 bits per heavy atom. The molecule has 0 bridgehead atoms. The average molecular weight is 715 g/mol. The summed E-state index contributed by atoms with van der Waals surface area (Å²) in [7, 11) is 5.31. The molecule has 0 saturated carbocycles. The fraction of sp³-hybridized carbons (Fsp3) is 0.341. The highest BCUT2D eigenvalue weighted by molar-refractivity contribution is 5.85. The number of amides is 3. The van der Waals surface area contributed by atoms with Gasteiger partial charge in [0.15, 0.2) is 0 Å². The van der Waals surface area contributed by atoms with Crippen LogP contribution in [0, 0.1) is 0 Å². The molecule has 2 saturated heterocycles. The number of benzene rings is 3. The second-order valence-electron chi connectivity index (χ2n) is 14.2. The van der Waals surface area contributed by atoms with Crippen molar-refractivity contribution in [3.63, 3.8) is 0 Å². The third-order valence-corrected chi connectivity index (χ3v) is 10.7. The van der Waals surface area contributed by atoms with Crippen molar-refractivity contribution >= 4 is 17.9 Å².